The van der Waals surface area contributed by atoms with Crippen molar-refractivity contribution in [3.63, 3.8) is 0 Å². The summed E-state index contributed by atoms with van der Waals surface area (Å²) < 4.78 is 87.8. The van der Waals surface area contributed by atoms with Gasteiger partial charge in [0.2, 0.25) is 0 Å². The quantitative estimate of drug-likeness (QED) is 0.266. The Hall–Kier alpha value is -2.66. The van der Waals surface area contributed by atoms with E-state index in [1.807, 2.05) is 6.26 Å². The molecule has 3 aromatic rings. The summed E-state index contributed by atoms with van der Waals surface area (Å²) >= 11 is 1.44. The van der Waals surface area contributed by atoms with E-state index in [0.29, 0.717) is 28.5 Å². The summed E-state index contributed by atoms with van der Waals surface area (Å²) in [6.07, 6.45) is -6.05. The van der Waals surface area contributed by atoms with Gasteiger partial charge in [-0.25, -0.2) is 14.4 Å². The van der Waals surface area contributed by atoms with E-state index >= 15 is 0 Å². The minimum absolute atomic E-state index is 0.0605. The maximum Gasteiger partial charge on any atom is 0.416 e. The Kier molecular flexibility index (Phi) is 8.62. The molecule has 3 nitrogen and oxygen atoms in total. The zero-order valence-corrected chi connectivity index (χ0v) is 17.7. The molecular weight excluding hydrogens is 459 g/mol. The van der Waals surface area contributed by atoms with Crippen LogP contribution in [0.2, 0.25) is 0 Å². The van der Waals surface area contributed by atoms with Crippen molar-refractivity contribution in [2.75, 3.05) is 13.3 Å². The highest BCUT2D eigenvalue weighted by Gasteiger charge is 2.36. The summed E-state index contributed by atoms with van der Waals surface area (Å²) in [5.74, 6) is -0.261. The first-order chi connectivity index (χ1) is 15.0. The third-order valence-electron chi connectivity index (χ3n) is 3.99. The second-order valence-corrected chi connectivity index (χ2v) is 7.13. The van der Waals surface area contributed by atoms with Crippen molar-refractivity contribution < 1.29 is 30.7 Å². The van der Waals surface area contributed by atoms with Gasteiger partial charge < -0.3 is 5.32 Å². The predicted molar refractivity (Wildman–Crippen MR) is 108 cm³/mol. The summed E-state index contributed by atoms with van der Waals surface area (Å²) in [6.45, 7) is -0.0625. The van der Waals surface area contributed by atoms with Crippen molar-refractivity contribution >= 4 is 11.8 Å². The molecule has 0 aliphatic rings. The largest absolute Gasteiger partial charge is 0.416 e. The van der Waals surface area contributed by atoms with Gasteiger partial charge in [-0.3, -0.25) is 0 Å². The summed E-state index contributed by atoms with van der Waals surface area (Å²) in [6, 6.07) is 9.81. The molecule has 0 unspecified atom stereocenters. The zero-order valence-electron chi connectivity index (χ0n) is 16.9. The molecule has 0 saturated carbocycles. The average molecular weight is 477 g/mol. The number of alkyl halides is 6. The van der Waals surface area contributed by atoms with Gasteiger partial charge in [0.15, 0.2) is 5.16 Å². The van der Waals surface area contributed by atoms with Crippen LogP contribution in [0.1, 0.15) is 16.7 Å². The van der Waals surface area contributed by atoms with Crippen molar-refractivity contribution in [1.82, 2.24) is 15.3 Å². The molecule has 11 heteroatoms. The lowest BCUT2D eigenvalue weighted by Crippen LogP contribution is -2.14. The van der Waals surface area contributed by atoms with Crippen molar-refractivity contribution in [3.8, 4) is 11.3 Å². The summed E-state index contributed by atoms with van der Waals surface area (Å²) in [7, 11) is 1.44. The first-order valence-electron chi connectivity index (χ1n) is 9.00. The second-order valence-electron chi connectivity index (χ2n) is 6.35. The molecule has 0 saturated heterocycles. The van der Waals surface area contributed by atoms with Gasteiger partial charge in [0.25, 0.3) is 0 Å². The van der Waals surface area contributed by atoms with Crippen LogP contribution in [0.3, 0.4) is 0 Å². The van der Waals surface area contributed by atoms with Crippen molar-refractivity contribution in [2.45, 2.75) is 24.1 Å². The van der Waals surface area contributed by atoms with Crippen LogP contribution in [0, 0.1) is 5.82 Å². The lowest BCUT2D eigenvalue weighted by Gasteiger charge is -2.13. The number of benzene rings is 2. The standard InChI is InChI=1S/C11H9FN2S.C10H9F6N/c1-15-11-13-7-6-10(14-11)8-4-2-3-5-9(8)12;1-17-5-6-2-7(9(11,12)13)4-8(3-6)10(14,15)16/h2-7H,1H3;2-4,17H,5H2,1H3. The van der Waals surface area contributed by atoms with E-state index < -0.39 is 23.5 Å². The molecule has 0 amide bonds. The third-order valence-corrected chi connectivity index (χ3v) is 4.56. The molecule has 0 atom stereocenters. The monoisotopic (exact) mass is 477 g/mol. The fourth-order valence-corrected chi connectivity index (χ4v) is 2.94. The van der Waals surface area contributed by atoms with E-state index in [1.54, 1.807) is 30.5 Å². The number of nitrogens with zero attached hydrogens (tertiary/aromatic N) is 2. The Morgan fingerprint density at radius 2 is 1.50 bits per heavy atom. The normalized spacial score (nSPS) is 11.7. The highest BCUT2D eigenvalue weighted by Crippen LogP contribution is 2.36. The Bertz CT molecular complexity index is 1000. The number of aromatic nitrogens is 2. The van der Waals surface area contributed by atoms with Crippen molar-refractivity contribution in [1.29, 1.82) is 0 Å². The van der Waals surface area contributed by atoms with Crippen LogP contribution in [0.4, 0.5) is 30.7 Å². The maximum atomic E-state index is 13.4. The van der Waals surface area contributed by atoms with Crippen molar-refractivity contribution in [2.24, 2.45) is 0 Å². The van der Waals surface area contributed by atoms with Gasteiger partial charge in [0, 0.05) is 18.3 Å². The van der Waals surface area contributed by atoms with E-state index in [2.05, 4.69) is 15.3 Å². The van der Waals surface area contributed by atoms with Gasteiger partial charge in [0.05, 0.1) is 16.8 Å². The lowest BCUT2D eigenvalue weighted by atomic mass is 10.0. The Labute approximate surface area is 184 Å². The predicted octanol–water partition coefficient (Wildman–Crippen LogP) is 6.45. The van der Waals surface area contributed by atoms with Crippen LogP contribution in [-0.2, 0) is 18.9 Å². The molecule has 1 N–H and O–H groups in total. The van der Waals surface area contributed by atoms with E-state index in [0.717, 1.165) is 0 Å². The molecule has 0 aliphatic carbocycles. The average Bonchev–Trinajstić information content (AvgIpc) is 2.73. The van der Waals surface area contributed by atoms with Crippen molar-refractivity contribution in [3.05, 3.63) is 77.2 Å². The number of rotatable bonds is 4. The van der Waals surface area contributed by atoms with Crippen LogP contribution in [0.25, 0.3) is 11.3 Å². The third kappa shape index (κ3) is 7.20. The molecule has 3 rings (SSSR count). The van der Waals surface area contributed by atoms with E-state index in [9.17, 15) is 30.7 Å². The Morgan fingerprint density at radius 1 is 0.906 bits per heavy atom. The highest BCUT2D eigenvalue weighted by molar-refractivity contribution is 7.98. The first kappa shape index (κ1) is 25.6. The van der Waals surface area contributed by atoms with Gasteiger partial charge >= 0.3 is 12.4 Å². The number of hydrogen-bond acceptors (Lipinski definition) is 4. The summed E-state index contributed by atoms with van der Waals surface area (Å²) in [4.78, 5) is 8.28. The number of thioether (sulfide) groups is 1. The second kappa shape index (κ2) is 10.8. The topological polar surface area (TPSA) is 37.8 Å². The van der Waals surface area contributed by atoms with Gasteiger partial charge in [-0.2, -0.15) is 26.3 Å². The number of halogens is 7. The molecule has 2 aromatic carbocycles. The highest BCUT2D eigenvalue weighted by atomic mass is 32.2. The first-order valence-corrected chi connectivity index (χ1v) is 10.2. The lowest BCUT2D eigenvalue weighted by molar-refractivity contribution is -0.143. The molecule has 0 fully saturated rings. The van der Waals surface area contributed by atoms with Crippen LogP contribution in [0.15, 0.2) is 59.9 Å². The molecule has 0 radical (unpaired) electrons. The fraction of sp³-hybridized carbons (Fsp3) is 0.238. The minimum atomic E-state index is -4.79. The number of nitrogens with one attached hydrogen (secondary N) is 1. The summed E-state index contributed by atoms with van der Waals surface area (Å²) in [5, 5.41) is 3.16. The molecule has 0 aliphatic heterocycles. The van der Waals surface area contributed by atoms with Crippen LogP contribution in [0.5, 0.6) is 0 Å². The molecule has 1 heterocycles. The fourth-order valence-electron chi connectivity index (χ4n) is 2.58. The molecular formula is C21H18F7N3S. The minimum Gasteiger partial charge on any atom is -0.316 e. The van der Waals surface area contributed by atoms with E-state index in [-0.39, 0.29) is 24.0 Å². The molecule has 0 spiro atoms. The van der Waals surface area contributed by atoms with Crippen LogP contribution >= 0.6 is 11.8 Å². The Morgan fingerprint density at radius 3 is 2.00 bits per heavy atom. The van der Waals surface area contributed by atoms with Gasteiger partial charge in [-0.1, -0.05) is 23.9 Å². The molecule has 1 aromatic heterocycles. The molecule has 172 valence electrons. The Balaban J connectivity index is 0.000000228. The van der Waals surface area contributed by atoms with E-state index in [1.165, 1.54) is 24.9 Å². The SMILES string of the molecule is CNCc1cc(C(F)(F)F)cc(C(F)(F)F)c1.CSc1nccc(-c2ccccc2F)n1. The van der Waals surface area contributed by atoms with E-state index in [4.69, 9.17) is 0 Å². The van der Waals surface area contributed by atoms with Crippen LogP contribution in [-0.4, -0.2) is 23.3 Å². The van der Waals surface area contributed by atoms with Gasteiger partial charge in [-0.05, 0) is 55.3 Å². The maximum absolute atomic E-state index is 13.4. The molecule has 0 bridgehead atoms. The molecule has 32 heavy (non-hydrogen) atoms. The van der Waals surface area contributed by atoms with Crippen LogP contribution < -0.4 is 5.32 Å². The van der Waals surface area contributed by atoms with Gasteiger partial charge in [0.1, 0.15) is 5.82 Å². The zero-order chi connectivity index (χ0) is 23.9. The number of hydrogen-bond donors (Lipinski definition) is 1. The smallest absolute Gasteiger partial charge is 0.316 e. The van der Waals surface area contributed by atoms with Gasteiger partial charge in [-0.15, -0.1) is 0 Å². The summed E-state index contributed by atoms with van der Waals surface area (Å²) in [5.41, 5.74) is -1.52.